The Morgan fingerprint density at radius 1 is 1.56 bits per heavy atom. The molecule has 0 saturated carbocycles. The number of rotatable bonds is 3. The molecule has 2 heterocycles. The summed E-state index contributed by atoms with van der Waals surface area (Å²) in [4.78, 5) is 25.5. The standard InChI is InChI=1S/C12H15NO4S/c1-12(11(15)16)3-4-13(7-12)10(14)9-5-8(17-2)6-18-9/h5-6H,3-4,7H2,1-2H3,(H,15,16). The van der Waals surface area contributed by atoms with Crippen molar-refractivity contribution in [1.82, 2.24) is 4.90 Å². The molecule has 1 saturated heterocycles. The van der Waals surface area contributed by atoms with E-state index in [2.05, 4.69) is 0 Å². The van der Waals surface area contributed by atoms with Crippen molar-refractivity contribution in [1.29, 1.82) is 0 Å². The van der Waals surface area contributed by atoms with Crippen LogP contribution in [0.25, 0.3) is 0 Å². The maximum Gasteiger partial charge on any atom is 0.311 e. The Morgan fingerprint density at radius 3 is 2.78 bits per heavy atom. The topological polar surface area (TPSA) is 66.8 Å². The summed E-state index contributed by atoms with van der Waals surface area (Å²) < 4.78 is 5.03. The number of aliphatic carboxylic acids is 1. The normalized spacial score (nSPS) is 23.1. The Bertz CT molecular complexity index is 484. The molecule has 5 nitrogen and oxygen atoms in total. The zero-order valence-corrected chi connectivity index (χ0v) is 11.1. The van der Waals surface area contributed by atoms with Crippen molar-refractivity contribution in [3.05, 3.63) is 16.3 Å². The lowest BCUT2D eigenvalue weighted by atomic mass is 9.90. The van der Waals surface area contributed by atoms with E-state index in [0.717, 1.165) is 0 Å². The van der Waals surface area contributed by atoms with Crippen molar-refractivity contribution < 1.29 is 19.4 Å². The van der Waals surface area contributed by atoms with Gasteiger partial charge in [0, 0.05) is 24.5 Å². The largest absolute Gasteiger partial charge is 0.496 e. The predicted molar refractivity (Wildman–Crippen MR) is 67.1 cm³/mol. The molecule has 6 heteroatoms. The highest BCUT2D eigenvalue weighted by molar-refractivity contribution is 7.12. The van der Waals surface area contributed by atoms with Gasteiger partial charge in [-0.05, 0) is 13.3 Å². The first kappa shape index (κ1) is 12.9. The minimum absolute atomic E-state index is 0.117. The van der Waals surface area contributed by atoms with Gasteiger partial charge >= 0.3 is 5.97 Å². The van der Waals surface area contributed by atoms with Crippen molar-refractivity contribution in [2.45, 2.75) is 13.3 Å². The van der Waals surface area contributed by atoms with Crippen LogP contribution in [0.5, 0.6) is 5.75 Å². The first-order valence-electron chi connectivity index (χ1n) is 5.61. The van der Waals surface area contributed by atoms with E-state index in [9.17, 15) is 9.59 Å². The van der Waals surface area contributed by atoms with Gasteiger partial charge in [-0.2, -0.15) is 0 Å². The summed E-state index contributed by atoms with van der Waals surface area (Å²) in [6.45, 7) is 2.43. The second-order valence-electron chi connectivity index (χ2n) is 4.69. The predicted octanol–water partition coefficient (Wildman–Crippen LogP) is 1.69. The quantitative estimate of drug-likeness (QED) is 0.906. The van der Waals surface area contributed by atoms with Crippen LogP contribution in [0.15, 0.2) is 11.4 Å². The minimum Gasteiger partial charge on any atom is -0.496 e. The van der Waals surface area contributed by atoms with E-state index < -0.39 is 11.4 Å². The van der Waals surface area contributed by atoms with Crippen LogP contribution in [-0.4, -0.2) is 42.1 Å². The van der Waals surface area contributed by atoms with Gasteiger partial charge in [-0.3, -0.25) is 9.59 Å². The van der Waals surface area contributed by atoms with E-state index in [-0.39, 0.29) is 12.5 Å². The molecule has 0 aliphatic carbocycles. The van der Waals surface area contributed by atoms with Crippen LogP contribution in [0.1, 0.15) is 23.0 Å². The van der Waals surface area contributed by atoms with Gasteiger partial charge in [-0.25, -0.2) is 0 Å². The fraction of sp³-hybridized carbons (Fsp3) is 0.500. The number of ether oxygens (including phenoxy) is 1. The fourth-order valence-corrected chi connectivity index (χ4v) is 2.82. The number of methoxy groups -OCH3 is 1. The summed E-state index contributed by atoms with van der Waals surface area (Å²) in [6, 6.07) is 1.68. The van der Waals surface area contributed by atoms with Crippen molar-refractivity contribution in [3.63, 3.8) is 0 Å². The molecule has 0 aromatic carbocycles. The van der Waals surface area contributed by atoms with E-state index in [1.807, 2.05) is 0 Å². The van der Waals surface area contributed by atoms with Crippen LogP contribution >= 0.6 is 11.3 Å². The Labute approximate surface area is 109 Å². The van der Waals surface area contributed by atoms with Crippen LogP contribution in [-0.2, 0) is 4.79 Å². The highest BCUT2D eigenvalue weighted by atomic mass is 32.1. The van der Waals surface area contributed by atoms with Crippen LogP contribution in [0.4, 0.5) is 0 Å². The van der Waals surface area contributed by atoms with Crippen molar-refractivity contribution in [2.24, 2.45) is 5.41 Å². The summed E-state index contributed by atoms with van der Waals surface area (Å²) in [5.74, 6) is -0.307. The molecule has 1 amide bonds. The van der Waals surface area contributed by atoms with Crippen LogP contribution in [0.2, 0.25) is 0 Å². The smallest absolute Gasteiger partial charge is 0.311 e. The van der Waals surface area contributed by atoms with Gasteiger partial charge in [0.25, 0.3) is 5.91 Å². The third-order valence-corrected chi connectivity index (χ3v) is 4.20. The molecule has 1 aromatic rings. The van der Waals surface area contributed by atoms with Gasteiger partial charge in [0.1, 0.15) is 5.75 Å². The lowest BCUT2D eigenvalue weighted by Crippen LogP contribution is -2.34. The second kappa shape index (κ2) is 4.61. The van der Waals surface area contributed by atoms with Crippen LogP contribution < -0.4 is 4.74 Å². The highest BCUT2D eigenvalue weighted by Gasteiger charge is 2.42. The van der Waals surface area contributed by atoms with Gasteiger partial charge in [0.15, 0.2) is 0 Å². The van der Waals surface area contributed by atoms with Crippen LogP contribution in [0, 0.1) is 5.41 Å². The van der Waals surface area contributed by atoms with E-state index in [4.69, 9.17) is 9.84 Å². The summed E-state index contributed by atoms with van der Waals surface area (Å²) in [7, 11) is 1.55. The van der Waals surface area contributed by atoms with Gasteiger partial charge in [-0.1, -0.05) is 0 Å². The zero-order chi connectivity index (χ0) is 13.3. The average Bonchev–Trinajstić information content (AvgIpc) is 2.95. The lowest BCUT2D eigenvalue weighted by Gasteiger charge is -2.19. The fourth-order valence-electron chi connectivity index (χ4n) is 2.00. The molecule has 1 aromatic heterocycles. The number of carboxylic acid groups (broad SMARTS) is 1. The number of thiophene rings is 1. The van der Waals surface area contributed by atoms with E-state index in [1.165, 1.54) is 11.3 Å². The number of hydrogen-bond donors (Lipinski definition) is 1. The summed E-state index contributed by atoms with van der Waals surface area (Å²) in [6.07, 6.45) is 0.497. The molecule has 1 unspecified atom stereocenters. The average molecular weight is 269 g/mol. The monoisotopic (exact) mass is 269 g/mol. The molecular formula is C12H15NO4S. The maximum atomic E-state index is 12.2. The van der Waals surface area contributed by atoms with Gasteiger partial charge in [0.2, 0.25) is 0 Å². The molecule has 2 rings (SSSR count). The summed E-state index contributed by atoms with van der Waals surface area (Å²) in [5.41, 5.74) is -0.822. The van der Waals surface area contributed by atoms with Crippen molar-refractivity contribution in [3.8, 4) is 5.75 Å². The van der Waals surface area contributed by atoms with E-state index >= 15 is 0 Å². The third kappa shape index (κ3) is 2.20. The number of hydrogen-bond acceptors (Lipinski definition) is 4. The first-order chi connectivity index (χ1) is 8.46. The van der Waals surface area contributed by atoms with Gasteiger partial charge in [0.05, 0.1) is 17.4 Å². The molecular weight excluding hydrogens is 254 g/mol. The molecule has 1 atom stereocenters. The number of nitrogens with zero attached hydrogens (tertiary/aromatic N) is 1. The third-order valence-electron chi connectivity index (χ3n) is 3.30. The van der Waals surface area contributed by atoms with E-state index in [0.29, 0.717) is 23.6 Å². The highest BCUT2D eigenvalue weighted by Crippen LogP contribution is 2.32. The molecule has 1 fully saturated rings. The molecule has 1 aliphatic heterocycles. The number of carbonyl (C=O) groups is 2. The lowest BCUT2D eigenvalue weighted by molar-refractivity contribution is -0.147. The number of amides is 1. The molecule has 98 valence electrons. The maximum absolute atomic E-state index is 12.2. The Morgan fingerprint density at radius 2 is 2.28 bits per heavy atom. The van der Waals surface area contributed by atoms with Gasteiger partial charge in [-0.15, -0.1) is 11.3 Å². The summed E-state index contributed by atoms with van der Waals surface area (Å²) >= 11 is 1.31. The van der Waals surface area contributed by atoms with Crippen LogP contribution in [0.3, 0.4) is 0 Å². The molecule has 1 N–H and O–H groups in total. The van der Waals surface area contributed by atoms with Gasteiger partial charge < -0.3 is 14.7 Å². The van der Waals surface area contributed by atoms with Crippen molar-refractivity contribution >= 4 is 23.2 Å². The van der Waals surface area contributed by atoms with E-state index in [1.54, 1.807) is 30.4 Å². The molecule has 0 bridgehead atoms. The molecule has 18 heavy (non-hydrogen) atoms. The Kier molecular flexibility index (Phi) is 3.30. The molecule has 1 aliphatic rings. The molecule has 0 radical (unpaired) electrons. The number of carbonyl (C=O) groups excluding carboxylic acids is 1. The molecule has 0 spiro atoms. The number of carboxylic acids is 1. The Hall–Kier alpha value is -1.56. The zero-order valence-electron chi connectivity index (χ0n) is 10.3. The summed E-state index contributed by atoms with van der Waals surface area (Å²) in [5, 5.41) is 10.9. The Balaban J connectivity index is 2.10. The van der Waals surface area contributed by atoms with Crippen molar-refractivity contribution in [2.75, 3.05) is 20.2 Å². The first-order valence-corrected chi connectivity index (χ1v) is 6.49. The minimum atomic E-state index is -0.846. The second-order valence-corrected chi connectivity index (χ2v) is 5.60. The SMILES string of the molecule is COc1csc(C(=O)N2CCC(C)(C(=O)O)C2)c1. The number of likely N-dealkylation sites (tertiary alicyclic amines) is 1.